The molecular formula is C29H33N5OS. The molecule has 0 spiro atoms. The Morgan fingerprint density at radius 1 is 0.722 bits per heavy atom. The number of anilines is 2. The number of benzene rings is 2. The Bertz CT molecular complexity index is 1310. The number of thiazole rings is 1. The number of hydrogen-bond donors (Lipinski definition) is 0. The molecule has 186 valence electrons. The Kier molecular flexibility index (Phi) is 6.15. The van der Waals surface area contributed by atoms with Gasteiger partial charge in [0.25, 0.3) is 0 Å². The number of piperazine rings is 2. The summed E-state index contributed by atoms with van der Waals surface area (Å²) in [4.78, 5) is 29.2. The third-order valence-electron chi connectivity index (χ3n) is 7.86. The fourth-order valence-corrected chi connectivity index (χ4v) is 6.41. The summed E-state index contributed by atoms with van der Waals surface area (Å²) in [5, 5.41) is 0. The van der Waals surface area contributed by atoms with Gasteiger partial charge < -0.3 is 19.6 Å². The molecule has 0 bridgehead atoms. The van der Waals surface area contributed by atoms with Crippen LogP contribution < -0.4 is 9.80 Å². The highest BCUT2D eigenvalue weighted by atomic mass is 32.1. The molecule has 6 nitrogen and oxygen atoms in total. The summed E-state index contributed by atoms with van der Waals surface area (Å²) in [5.41, 5.74) is 9.89. The molecule has 2 aliphatic heterocycles. The predicted octanol–water partition coefficient (Wildman–Crippen LogP) is 4.11. The molecule has 3 heterocycles. The fraction of sp³-hybridized carbons (Fsp3) is 0.379. The van der Waals surface area contributed by atoms with Crippen molar-refractivity contribution in [3.63, 3.8) is 0 Å². The summed E-state index contributed by atoms with van der Waals surface area (Å²) in [6.07, 6.45) is 0. The van der Waals surface area contributed by atoms with Crippen molar-refractivity contribution in [2.24, 2.45) is 0 Å². The molecule has 0 radical (unpaired) electrons. The zero-order chi connectivity index (χ0) is 24.8. The number of rotatable bonds is 4. The molecule has 6 rings (SSSR count). The van der Waals surface area contributed by atoms with E-state index in [2.05, 4.69) is 81.1 Å². The fourth-order valence-electron chi connectivity index (χ4n) is 5.54. The number of fused-ring (bicyclic) bond motifs is 1. The van der Waals surface area contributed by atoms with Crippen molar-refractivity contribution >= 4 is 39.6 Å². The summed E-state index contributed by atoms with van der Waals surface area (Å²) in [5.74, 6) is 0.121. The number of hydrogen-bond acceptors (Lipinski definition) is 7. The lowest BCUT2D eigenvalue weighted by Crippen LogP contribution is -2.44. The number of nitrogens with zero attached hydrogens (tertiary/aromatic N) is 5. The van der Waals surface area contributed by atoms with E-state index in [9.17, 15) is 4.79 Å². The van der Waals surface area contributed by atoms with Gasteiger partial charge in [0.1, 0.15) is 0 Å². The highest BCUT2D eigenvalue weighted by Gasteiger charge is 2.34. The summed E-state index contributed by atoms with van der Waals surface area (Å²) in [6.45, 7) is 10.3. The van der Waals surface area contributed by atoms with Crippen LogP contribution in [0.3, 0.4) is 0 Å². The first-order chi connectivity index (χ1) is 17.5. The third kappa shape index (κ3) is 4.15. The van der Waals surface area contributed by atoms with Gasteiger partial charge in [0.2, 0.25) is 0 Å². The quantitative estimate of drug-likeness (QED) is 0.538. The molecule has 0 unspecified atom stereocenters. The number of aryl methyl sites for hydroxylation is 1. The van der Waals surface area contributed by atoms with Crippen LogP contribution in [0.15, 0.2) is 48.0 Å². The molecule has 0 saturated carbocycles. The maximum atomic E-state index is 14.0. The molecule has 36 heavy (non-hydrogen) atoms. The highest BCUT2D eigenvalue weighted by Crippen LogP contribution is 2.45. The van der Waals surface area contributed by atoms with Crippen molar-refractivity contribution < 1.29 is 4.79 Å². The van der Waals surface area contributed by atoms with E-state index in [-0.39, 0.29) is 5.78 Å². The standard InChI is InChI=1S/C29H33N5OS/c1-20-29(36-19-30-20)27-24-9-8-23(34-16-12-32(3)13-17-34)18-25(24)28(35)26(27)21-4-6-22(7-5-21)33-14-10-31(2)11-15-33/h4-9,18-19H,10-17H2,1-3H3. The third-order valence-corrected chi connectivity index (χ3v) is 8.81. The molecule has 2 fully saturated rings. The molecule has 3 aliphatic rings. The molecule has 1 aliphatic carbocycles. The van der Waals surface area contributed by atoms with Crippen LogP contribution in [-0.4, -0.2) is 87.0 Å². The average molecular weight is 500 g/mol. The molecule has 0 amide bonds. The van der Waals surface area contributed by atoms with Crippen LogP contribution in [0.1, 0.15) is 32.1 Å². The van der Waals surface area contributed by atoms with E-state index in [0.29, 0.717) is 0 Å². The Labute approximate surface area is 217 Å². The zero-order valence-electron chi connectivity index (χ0n) is 21.3. The SMILES string of the molecule is Cc1ncsc1C1=C(c2ccc(N3CCN(C)CC3)cc2)C(=O)c2cc(N3CCN(C)CC3)ccc21. The monoisotopic (exact) mass is 499 g/mol. The van der Waals surface area contributed by atoms with E-state index in [1.54, 1.807) is 11.3 Å². The minimum absolute atomic E-state index is 0.121. The maximum Gasteiger partial charge on any atom is 0.195 e. The Morgan fingerprint density at radius 2 is 1.31 bits per heavy atom. The van der Waals surface area contributed by atoms with E-state index < -0.39 is 0 Å². The van der Waals surface area contributed by atoms with E-state index in [1.807, 2.05) is 12.4 Å². The Hall–Kier alpha value is -3.00. The second-order valence-corrected chi connectivity index (χ2v) is 11.1. The van der Waals surface area contributed by atoms with E-state index in [1.165, 1.54) is 5.69 Å². The van der Waals surface area contributed by atoms with Gasteiger partial charge in [-0.1, -0.05) is 18.2 Å². The number of Topliss-reactive ketones (excluding diaryl/α,β-unsaturated/α-hetero) is 1. The summed E-state index contributed by atoms with van der Waals surface area (Å²) < 4.78 is 0. The van der Waals surface area contributed by atoms with Crippen LogP contribution in [0.25, 0.3) is 11.1 Å². The van der Waals surface area contributed by atoms with E-state index >= 15 is 0 Å². The van der Waals surface area contributed by atoms with Crippen LogP contribution in [0.5, 0.6) is 0 Å². The minimum Gasteiger partial charge on any atom is -0.369 e. The second-order valence-electron chi connectivity index (χ2n) is 10.2. The summed E-state index contributed by atoms with van der Waals surface area (Å²) >= 11 is 1.62. The van der Waals surface area contributed by atoms with Crippen molar-refractivity contribution in [3.8, 4) is 0 Å². The van der Waals surface area contributed by atoms with Crippen LogP contribution in [-0.2, 0) is 0 Å². The van der Waals surface area contributed by atoms with Crippen molar-refractivity contribution in [3.05, 3.63) is 75.2 Å². The van der Waals surface area contributed by atoms with Gasteiger partial charge in [-0.25, -0.2) is 4.98 Å². The van der Waals surface area contributed by atoms with Crippen molar-refractivity contribution in [2.45, 2.75) is 6.92 Å². The van der Waals surface area contributed by atoms with Gasteiger partial charge in [-0.2, -0.15) is 0 Å². The normalized spacial score (nSPS) is 19.4. The van der Waals surface area contributed by atoms with Gasteiger partial charge >= 0.3 is 0 Å². The second kappa shape index (κ2) is 9.47. The largest absolute Gasteiger partial charge is 0.369 e. The van der Waals surface area contributed by atoms with Crippen molar-refractivity contribution in [1.29, 1.82) is 0 Å². The van der Waals surface area contributed by atoms with Gasteiger partial charge in [0, 0.05) is 80.4 Å². The lowest BCUT2D eigenvalue weighted by atomic mass is 9.97. The highest BCUT2D eigenvalue weighted by molar-refractivity contribution is 7.11. The first-order valence-corrected chi connectivity index (χ1v) is 13.7. The van der Waals surface area contributed by atoms with Crippen LogP contribution >= 0.6 is 11.3 Å². The summed E-state index contributed by atoms with van der Waals surface area (Å²) in [7, 11) is 4.34. The molecule has 7 heteroatoms. The van der Waals surface area contributed by atoms with E-state index in [0.717, 1.165) is 96.5 Å². The molecule has 0 atom stereocenters. The molecule has 2 saturated heterocycles. The molecule has 1 aromatic heterocycles. The van der Waals surface area contributed by atoms with Gasteiger partial charge in [-0.05, 0) is 56.4 Å². The van der Waals surface area contributed by atoms with Gasteiger partial charge in [-0.3, -0.25) is 4.79 Å². The van der Waals surface area contributed by atoms with E-state index in [4.69, 9.17) is 0 Å². The first kappa shape index (κ1) is 23.4. The number of aromatic nitrogens is 1. The molecule has 3 aromatic rings. The van der Waals surface area contributed by atoms with Crippen LogP contribution in [0.4, 0.5) is 11.4 Å². The molecule has 2 aromatic carbocycles. The number of carbonyl (C=O) groups excluding carboxylic acids is 1. The number of ketones is 1. The number of likely N-dealkylation sites (N-methyl/N-ethyl adjacent to an activating group) is 2. The maximum absolute atomic E-state index is 14.0. The van der Waals surface area contributed by atoms with Gasteiger partial charge in [0.15, 0.2) is 5.78 Å². The molecule has 0 N–H and O–H groups in total. The topological polar surface area (TPSA) is 42.9 Å². The lowest BCUT2D eigenvalue weighted by Gasteiger charge is -2.34. The number of allylic oxidation sites excluding steroid dienone is 1. The summed E-state index contributed by atoms with van der Waals surface area (Å²) in [6, 6.07) is 15.1. The first-order valence-electron chi connectivity index (χ1n) is 12.8. The lowest BCUT2D eigenvalue weighted by molar-refractivity contribution is 0.105. The van der Waals surface area contributed by atoms with Crippen LogP contribution in [0.2, 0.25) is 0 Å². The Morgan fingerprint density at radius 3 is 1.89 bits per heavy atom. The van der Waals surface area contributed by atoms with Crippen molar-refractivity contribution in [2.75, 3.05) is 76.3 Å². The van der Waals surface area contributed by atoms with Crippen molar-refractivity contribution in [1.82, 2.24) is 14.8 Å². The predicted molar refractivity (Wildman–Crippen MR) is 149 cm³/mol. The Balaban J connectivity index is 1.38. The van der Waals surface area contributed by atoms with Gasteiger partial charge in [0.05, 0.1) is 16.1 Å². The smallest absolute Gasteiger partial charge is 0.195 e. The average Bonchev–Trinajstić information content (AvgIpc) is 3.45. The zero-order valence-corrected chi connectivity index (χ0v) is 22.1. The number of carbonyl (C=O) groups is 1. The minimum atomic E-state index is 0.121. The van der Waals surface area contributed by atoms with Gasteiger partial charge in [-0.15, -0.1) is 11.3 Å². The molecular weight excluding hydrogens is 466 g/mol. The van der Waals surface area contributed by atoms with Crippen LogP contribution in [0, 0.1) is 6.92 Å².